The number of hydrogen-bond donors (Lipinski definition) is 3. The Kier molecular flexibility index (Phi) is 10.8. The molecule has 0 radical (unpaired) electrons. The minimum Gasteiger partial charge on any atom is -1.00 e. The molecule has 3 aromatic carbocycles. The molecule has 0 saturated heterocycles. The summed E-state index contributed by atoms with van der Waals surface area (Å²) in [6.07, 6.45) is 0.847. The van der Waals surface area contributed by atoms with Crippen LogP contribution in [0.25, 0.3) is 0 Å². The van der Waals surface area contributed by atoms with Gasteiger partial charge in [0.05, 0.1) is 0 Å². The quantitative estimate of drug-likeness (QED) is 0.261. The van der Waals surface area contributed by atoms with Crippen molar-refractivity contribution in [1.82, 2.24) is 0 Å². The van der Waals surface area contributed by atoms with Crippen LogP contribution in [0.15, 0.2) is 36.4 Å². The van der Waals surface area contributed by atoms with Gasteiger partial charge < -0.3 is 18.2 Å². The van der Waals surface area contributed by atoms with Crippen LogP contribution < -0.4 is 0 Å². The Hall–Kier alpha value is -1.68. The van der Waals surface area contributed by atoms with Crippen molar-refractivity contribution in [1.29, 1.82) is 0 Å². The van der Waals surface area contributed by atoms with E-state index in [1.54, 1.807) is 0 Å². The maximum absolute atomic E-state index is 10.9. The third-order valence-corrected chi connectivity index (χ3v) is 8.45. The summed E-state index contributed by atoms with van der Waals surface area (Å²) in [5, 5.41) is 32.6. The van der Waals surface area contributed by atoms with Crippen molar-refractivity contribution in [2.75, 3.05) is 0 Å². The predicted molar refractivity (Wildman–Crippen MR) is 177 cm³/mol. The fourth-order valence-corrected chi connectivity index (χ4v) is 6.11. The average Bonchev–Trinajstić information content (AvgIpc) is 2.75. The van der Waals surface area contributed by atoms with Gasteiger partial charge in [-0.3, -0.25) is 0 Å². The second kappa shape index (κ2) is 12.5. The maximum atomic E-state index is 10.9. The van der Waals surface area contributed by atoms with Gasteiger partial charge in [-0.25, -0.2) is 0 Å². The van der Waals surface area contributed by atoms with E-state index in [0.29, 0.717) is 17.2 Å². The fraction of sp³-hybridized carbons (Fsp3) is 0.514. The van der Waals surface area contributed by atoms with Crippen molar-refractivity contribution in [2.45, 2.75) is 125 Å². The molecule has 0 aliphatic heterocycles. The summed E-state index contributed by atoms with van der Waals surface area (Å²) in [4.78, 5) is 0. The first-order chi connectivity index (χ1) is 18.1. The molecule has 0 aromatic heterocycles. The van der Waals surface area contributed by atoms with E-state index in [9.17, 15) is 15.3 Å². The van der Waals surface area contributed by atoms with Gasteiger partial charge >= 0.3 is 37.7 Å². The van der Waals surface area contributed by atoms with Crippen molar-refractivity contribution < 1.29 is 18.2 Å². The Morgan fingerprint density at radius 3 is 1.10 bits per heavy atom. The molecular formula is C37H54CaO3. The van der Waals surface area contributed by atoms with Gasteiger partial charge in [-0.2, -0.15) is 0 Å². The number of aryl methyl sites for hydroxylation is 3. The van der Waals surface area contributed by atoms with Gasteiger partial charge in [-0.15, -0.1) is 0 Å². The molecule has 222 valence electrons. The summed E-state index contributed by atoms with van der Waals surface area (Å²) in [7, 11) is 0. The first-order valence-electron chi connectivity index (χ1n) is 14.6. The number of aromatic hydroxyl groups is 3. The molecule has 3 rings (SSSR count). The molecule has 41 heavy (non-hydrogen) atoms. The fourth-order valence-electron chi connectivity index (χ4n) is 6.11. The predicted octanol–water partition coefficient (Wildman–Crippen LogP) is 9.79. The zero-order chi connectivity index (χ0) is 30.5. The van der Waals surface area contributed by atoms with E-state index >= 15 is 0 Å². The van der Waals surface area contributed by atoms with E-state index in [4.69, 9.17) is 0 Å². The van der Waals surface area contributed by atoms with Gasteiger partial charge in [0.15, 0.2) is 0 Å². The Morgan fingerprint density at radius 2 is 0.805 bits per heavy atom. The van der Waals surface area contributed by atoms with E-state index in [-0.39, 0.29) is 68.7 Å². The first kappa shape index (κ1) is 35.5. The molecule has 3 nitrogen and oxygen atoms in total. The molecule has 0 heterocycles. The number of benzene rings is 3. The van der Waals surface area contributed by atoms with Crippen LogP contribution in [0.2, 0.25) is 0 Å². The van der Waals surface area contributed by atoms with Crippen LogP contribution in [0.1, 0.15) is 140 Å². The molecular weight excluding hydrogens is 532 g/mol. The molecule has 0 bridgehead atoms. The SMILES string of the molecule is Cc1cc(O)c(C(C)(C)C)cc1C(C)CC(c1cc(C(C)(C)C)c(O)cc1C)c1cc(C(C)(C)C)c(O)cc1C.[Ca+2].[H-].[H-]. The summed E-state index contributed by atoms with van der Waals surface area (Å²) in [5.41, 5.74) is 9.11. The first-order valence-corrected chi connectivity index (χ1v) is 14.6. The van der Waals surface area contributed by atoms with Gasteiger partial charge in [0.25, 0.3) is 0 Å². The molecule has 3 N–H and O–H groups in total. The van der Waals surface area contributed by atoms with Crippen molar-refractivity contribution in [3.63, 3.8) is 0 Å². The Labute approximate surface area is 282 Å². The van der Waals surface area contributed by atoms with E-state index < -0.39 is 0 Å². The summed E-state index contributed by atoms with van der Waals surface area (Å²) < 4.78 is 0. The average molecular weight is 587 g/mol. The van der Waals surface area contributed by atoms with Crippen LogP contribution in [0, 0.1) is 20.8 Å². The third kappa shape index (κ3) is 7.84. The summed E-state index contributed by atoms with van der Waals surface area (Å²) in [6.45, 7) is 27.7. The van der Waals surface area contributed by atoms with E-state index in [0.717, 1.165) is 39.8 Å². The number of phenols is 3. The minimum absolute atomic E-state index is 0. The molecule has 1 unspecified atom stereocenters. The summed E-state index contributed by atoms with van der Waals surface area (Å²) in [5.74, 6) is 1.27. The molecule has 0 aliphatic carbocycles. The standard InChI is InChI=1S/C37H52O3.Ca.2H/c1-21(25-18-29(35(5,6)7)32(38)15-22(25)2)14-28(26-19-30(36(8,9)10)33(39)16-23(26)3)27-20-31(37(11,12)13)34(40)17-24(27)4;;;/h15-21,28,38-40H,14H2,1-13H3;;;/q;+2;2*-1. The van der Waals surface area contributed by atoms with Crippen molar-refractivity contribution in [2.24, 2.45) is 0 Å². The van der Waals surface area contributed by atoms with Gasteiger partial charge in [0, 0.05) is 5.92 Å². The topological polar surface area (TPSA) is 60.7 Å². The molecule has 0 aliphatic rings. The summed E-state index contributed by atoms with van der Waals surface area (Å²) >= 11 is 0. The molecule has 0 saturated carbocycles. The number of hydrogen-bond acceptors (Lipinski definition) is 3. The van der Waals surface area contributed by atoms with Crippen LogP contribution in [0.3, 0.4) is 0 Å². The zero-order valence-corrected chi connectivity index (χ0v) is 30.1. The Balaban J connectivity index is 0.00000588. The molecule has 0 amide bonds. The van der Waals surface area contributed by atoms with Crippen molar-refractivity contribution in [3.05, 3.63) is 86.5 Å². The number of rotatable bonds is 5. The van der Waals surface area contributed by atoms with E-state index in [1.807, 2.05) is 18.2 Å². The Bertz CT molecular complexity index is 1340. The Morgan fingerprint density at radius 1 is 0.537 bits per heavy atom. The van der Waals surface area contributed by atoms with Crippen LogP contribution in [-0.4, -0.2) is 53.1 Å². The van der Waals surface area contributed by atoms with Gasteiger partial charge in [0.2, 0.25) is 0 Å². The zero-order valence-electron chi connectivity index (χ0n) is 29.9. The second-order valence-corrected chi connectivity index (χ2v) is 15.1. The molecule has 4 heteroatoms. The van der Waals surface area contributed by atoms with Crippen LogP contribution >= 0.6 is 0 Å². The smallest absolute Gasteiger partial charge is 1.00 e. The van der Waals surface area contributed by atoms with Crippen molar-refractivity contribution >= 4 is 37.7 Å². The molecule has 0 spiro atoms. The normalized spacial score (nSPS) is 13.3. The second-order valence-electron chi connectivity index (χ2n) is 15.1. The van der Waals surface area contributed by atoms with Gasteiger partial charge in [-0.05, 0) is 118 Å². The van der Waals surface area contributed by atoms with Crippen LogP contribution in [0.5, 0.6) is 17.2 Å². The minimum atomic E-state index is -0.210. The van der Waals surface area contributed by atoms with Gasteiger partial charge in [-0.1, -0.05) is 87.4 Å². The maximum Gasteiger partial charge on any atom is 2.00 e. The van der Waals surface area contributed by atoms with Crippen LogP contribution in [-0.2, 0) is 16.2 Å². The van der Waals surface area contributed by atoms with E-state index in [1.165, 1.54) is 16.7 Å². The van der Waals surface area contributed by atoms with Crippen LogP contribution in [0.4, 0.5) is 0 Å². The number of phenolic OH excluding ortho intramolecular Hbond substituents is 3. The summed E-state index contributed by atoms with van der Waals surface area (Å²) in [6, 6.07) is 12.3. The van der Waals surface area contributed by atoms with Crippen molar-refractivity contribution in [3.8, 4) is 17.2 Å². The molecule has 3 aromatic rings. The monoisotopic (exact) mass is 586 g/mol. The molecule has 1 atom stereocenters. The van der Waals surface area contributed by atoms with E-state index in [2.05, 4.69) is 108 Å². The largest absolute Gasteiger partial charge is 2.00 e. The third-order valence-electron chi connectivity index (χ3n) is 8.45. The van der Waals surface area contributed by atoms with Gasteiger partial charge in [0.1, 0.15) is 17.2 Å². The molecule has 0 fully saturated rings.